The predicted octanol–water partition coefficient (Wildman–Crippen LogP) is 2.35. The molecule has 0 aliphatic carbocycles. The first-order valence-corrected chi connectivity index (χ1v) is 8.86. The van der Waals surface area contributed by atoms with Gasteiger partial charge in [0.1, 0.15) is 0 Å². The van der Waals surface area contributed by atoms with Crippen molar-refractivity contribution in [3.05, 3.63) is 63.2 Å². The summed E-state index contributed by atoms with van der Waals surface area (Å²) in [6.07, 6.45) is 0.651. The van der Waals surface area contributed by atoms with E-state index in [2.05, 4.69) is 0 Å². The molecular formula is C20H20N2O7. The van der Waals surface area contributed by atoms with E-state index >= 15 is 0 Å². The van der Waals surface area contributed by atoms with E-state index in [-0.39, 0.29) is 17.2 Å². The average molecular weight is 400 g/mol. The molecule has 0 N–H and O–H groups in total. The highest BCUT2D eigenvalue weighted by Crippen LogP contribution is 2.33. The molecular weight excluding hydrogens is 380 g/mol. The number of nitrogens with zero attached hydrogens (tertiary/aromatic N) is 2. The molecule has 1 heterocycles. The van der Waals surface area contributed by atoms with Crippen LogP contribution >= 0.6 is 0 Å². The lowest BCUT2D eigenvalue weighted by Crippen LogP contribution is -2.38. The van der Waals surface area contributed by atoms with Gasteiger partial charge in [-0.2, -0.15) is 0 Å². The van der Waals surface area contributed by atoms with Crippen molar-refractivity contribution in [2.75, 3.05) is 27.4 Å². The van der Waals surface area contributed by atoms with Crippen LogP contribution in [0.1, 0.15) is 21.5 Å². The van der Waals surface area contributed by atoms with Gasteiger partial charge in [0.15, 0.2) is 18.1 Å². The number of non-ortho nitro benzene ring substituents is 1. The average Bonchev–Trinajstić information content (AvgIpc) is 2.75. The van der Waals surface area contributed by atoms with Crippen LogP contribution in [0, 0.1) is 10.1 Å². The molecule has 0 spiro atoms. The smallest absolute Gasteiger partial charge is 0.338 e. The van der Waals surface area contributed by atoms with Gasteiger partial charge in [-0.3, -0.25) is 14.9 Å². The molecule has 1 amide bonds. The van der Waals surface area contributed by atoms with Crippen LogP contribution in [0.25, 0.3) is 0 Å². The molecule has 29 heavy (non-hydrogen) atoms. The Kier molecular flexibility index (Phi) is 5.96. The van der Waals surface area contributed by atoms with E-state index in [4.69, 9.17) is 14.2 Å². The van der Waals surface area contributed by atoms with Crippen molar-refractivity contribution < 1.29 is 28.7 Å². The number of amides is 1. The van der Waals surface area contributed by atoms with Crippen LogP contribution in [0.2, 0.25) is 0 Å². The number of hydrogen-bond donors (Lipinski definition) is 0. The van der Waals surface area contributed by atoms with E-state index in [1.165, 1.54) is 24.3 Å². The summed E-state index contributed by atoms with van der Waals surface area (Å²) in [6, 6.07) is 8.76. The van der Waals surface area contributed by atoms with Gasteiger partial charge < -0.3 is 19.1 Å². The summed E-state index contributed by atoms with van der Waals surface area (Å²) in [5, 5.41) is 10.7. The molecule has 0 unspecified atom stereocenters. The fourth-order valence-electron chi connectivity index (χ4n) is 3.12. The lowest BCUT2D eigenvalue weighted by molar-refractivity contribution is -0.384. The zero-order valence-corrected chi connectivity index (χ0v) is 16.0. The van der Waals surface area contributed by atoms with Gasteiger partial charge in [-0.05, 0) is 41.8 Å². The Labute approximate surface area is 166 Å². The van der Waals surface area contributed by atoms with E-state index in [0.717, 1.165) is 11.1 Å². The van der Waals surface area contributed by atoms with Crippen molar-refractivity contribution in [2.45, 2.75) is 13.0 Å². The Bertz CT molecular complexity index is 941. The second-order valence-corrected chi connectivity index (χ2v) is 6.42. The van der Waals surface area contributed by atoms with Crippen LogP contribution < -0.4 is 9.47 Å². The number of carbonyl (C=O) groups is 2. The van der Waals surface area contributed by atoms with Crippen LogP contribution in [-0.4, -0.2) is 49.1 Å². The van der Waals surface area contributed by atoms with Crippen molar-refractivity contribution in [1.29, 1.82) is 0 Å². The summed E-state index contributed by atoms with van der Waals surface area (Å²) in [6.45, 7) is 0.471. The zero-order valence-electron chi connectivity index (χ0n) is 16.0. The van der Waals surface area contributed by atoms with Gasteiger partial charge in [0.2, 0.25) is 0 Å². The molecule has 0 saturated heterocycles. The number of hydrogen-bond acceptors (Lipinski definition) is 7. The first-order chi connectivity index (χ1) is 13.9. The highest BCUT2D eigenvalue weighted by molar-refractivity contribution is 5.91. The number of benzene rings is 2. The van der Waals surface area contributed by atoms with E-state index < -0.39 is 17.5 Å². The fraction of sp³-hybridized carbons (Fsp3) is 0.300. The summed E-state index contributed by atoms with van der Waals surface area (Å²) in [7, 11) is 3.12. The third kappa shape index (κ3) is 4.45. The third-order valence-electron chi connectivity index (χ3n) is 4.71. The molecule has 2 aromatic rings. The Morgan fingerprint density at radius 3 is 2.28 bits per heavy atom. The van der Waals surface area contributed by atoms with E-state index in [1.807, 2.05) is 12.1 Å². The molecule has 0 bridgehead atoms. The number of ether oxygens (including phenoxy) is 3. The monoisotopic (exact) mass is 400 g/mol. The number of nitro groups is 1. The minimum atomic E-state index is -0.711. The highest BCUT2D eigenvalue weighted by Gasteiger charge is 2.24. The Morgan fingerprint density at radius 1 is 1.07 bits per heavy atom. The Balaban J connectivity index is 1.60. The standard InChI is InChI=1S/C20H20N2O7/c1-27-17-9-14-7-8-21(11-15(14)10-18(17)28-2)19(23)12-29-20(24)13-3-5-16(6-4-13)22(25)26/h3-6,9-10H,7-8,11-12H2,1-2H3. The molecule has 2 aromatic carbocycles. The second kappa shape index (κ2) is 8.59. The number of rotatable bonds is 6. The number of fused-ring (bicyclic) bond motifs is 1. The predicted molar refractivity (Wildman–Crippen MR) is 102 cm³/mol. The van der Waals surface area contributed by atoms with Crippen molar-refractivity contribution >= 4 is 17.6 Å². The summed E-state index contributed by atoms with van der Waals surface area (Å²) in [4.78, 5) is 36.3. The van der Waals surface area contributed by atoms with Gasteiger partial charge in [0.05, 0.1) is 24.7 Å². The van der Waals surface area contributed by atoms with Crippen LogP contribution in [0.4, 0.5) is 5.69 Å². The van der Waals surface area contributed by atoms with Crippen molar-refractivity contribution in [2.24, 2.45) is 0 Å². The van der Waals surface area contributed by atoms with Crippen molar-refractivity contribution in [1.82, 2.24) is 4.90 Å². The number of methoxy groups -OCH3 is 2. The quantitative estimate of drug-likeness (QED) is 0.416. The molecule has 0 radical (unpaired) electrons. The fourth-order valence-corrected chi connectivity index (χ4v) is 3.12. The molecule has 0 saturated carbocycles. The maximum absolute atomic E-state index is 12.5. The molecule has 3 rings (SSSR count). The Hall–Kier alpha value is -3.62. The molecule has 1 aliphatic rings. The molecule has 1 aliphatic heterocycles. The summed E-state index contributed by atoms with van der Waals surface area (Å²) >= 11 is 0. The van der Waals surface area contributed by atoms with Gasteiger partial charge in [0, 0.05) is 25.2 Å². The van der Waals surface area contributed by atoms with E-state index in [1.54, 1.807) is 19.1 Å². The summed E-state index contributed by atoms with van der Waals surface area (Å²) in [5.74, 6) is 0.200. The molecule has 9 nitrogen and oxygen atoms in total. The molecule has 152 valence electrons. The lowest BCUT2D eigenvalue weighted by Gasteiger charge is -2.29. The minimum Gasteiger partial charge on any atom is -0.493 e. The molecule has 9 heteroatoms. The van der Waals surface area contributed by atoms with E-state index in [0.29, 0.717) is 31.0 Å². The topological polar surface area (TPSA) is 108 Å². The molecule has 0 atom stereocenters. The zero-order chi connectivity index (χ0) is 21.0. The van der Waals surface area contributed by atoms with Crippen LogP contribution in [0.3, 0.4) is 0 Å². The van der Waals surface area contributed by atoms with Gasteiger partial charge in [-0.15, -0.1) is 0 Å². The second-order valence-electron chi connectivity index (χ2n) is 6.42. The largest absolute Gasteiger partial charge is 0.493 e. The van der Waals surface area contributed by atoms with Crippen LogP contribution in [0.5, 0.6) is 11.5 Å². The van der Waals surface area contributed by atoms with Crippen molar-refractivity contribution in [3.8, 4) is 11.5 Å². The summed E-state index contributed by atoms with van der Waals surface area (Å²) < 4.78 is 15.7. The van der Waals surface area contributed by atoms with Crippen LogP contribution in [-0.2, 0) is 22.5 Å². The van der Waals surface area contributed by atoms with Gasteiger partial charge >= 0.3 is 5.97 Å². The van der Waals surface area contributed by atoms with Gasteiger partial charge in [-0.25, -0.2) is 4.79 Å². The molecule has 0 fully saturated rings. The SMILES string of the molecule is COc1cc2c(cc1OC)CN(C(=O)COC(=O)c1ccc([N+](=O)[O-])cc1)CC2. The summed E-state index contributed by atoms with van der Waals surface area (Å²) in [5.41, 5.74) is 2.04. The highest BCUT2D eigenvalue weighted by atomic mass is 16.6. The number of esters is 1. The van der Waals surface area contributed by atoms with Crippen molar-refractivity contribution in [3.63, 3.8) is 0 Å². The Morgan fingerprint density at radius 2 is 1.69 bits per heavy atom. The van der Waals surface area contributed by atoms with Gasteiger partial charge in [0.25, 0.3) is 11.6 Å². The third-order valence-corrected chi connectivity index (χ3v) is 4.71. The first-order valence-electron chi connectivity index (χ1n) is 8.86. The maximum Gasteiger partial charge on any atom is 0.338 e. The van der Waals surface area contributed by atoms with E-state index in [9.17, 15) is 19.7 Å². The van der Waals surface area contributed by atoms with Gasteiger partial charge in [-0.1, -0.05) is 0 Å². The van der Waals surface area contributed by atoms with Crippen LogP contribution in [0.15, 0.2) is 36.4 Å². The maximum atomic E-state index is 12.5. The first kappa shape index (κ1) is 20.1. The normalized spacial score (nSPS) is 12.7. The minimum absolute atomic E-state index is 0.128. The molecule has 0 aromatic heterocycles. The number of nitro benzene ring substituents is 1. The lowest BCUT2D eigenvalue weighted by atomic mass is 9.99. The number of carbonyl (C=O) groups excluding carboxylic acids is 2.